The molecule has 0 unspecified atom stereocenters. The summed E-state index contributed by atoms with van der Waals surface area (Å²) < 4.78 is 5.57. The van der Waals surface area contributed by atoms with Crippen LogP contribution in [0.5, 0.6) is 5.75 Å². The summed E-state index contributed by atoms with van der Waals surface area (Å²) in [6.45, 7) is 0.622. The van der Waals surface area contributed by atoms with Crippen LogP contribution in [0.3, 0.4) is 0 Å². The van der Waals surface area contributed by atoms with Crippen LogP contribution >= 0.6 is 11.8 Å². The van der Waals surface area contributed by atoms with Crippen LogP contribution in [0.25, 0.3) is 0 Å². The molecule has 3 rings (SSSR count). The first-order valence-electron chi connectivity index (χ1n) is 6.32. The smallest absolute Gasteiger partial charge is 0.230 e. The SMILES string of the molecule is O=C(CSc1ncn[nH]1)N[C@H]1CCOc2ccccc21. The third kappa shape index (κ3) is 2.93. The van der Waals surface area contributed by atoms with Crippen LogP contribution in [0.4, 0.5) is 0 Å². The minimum absolute atomic E-state index is 0.0165. The van der Waals surface area contributed by atoms with Crippen LogP contribution in [0, 0.1) is 0 Å². The maximum absolute atomic E-state index is 12.0. The van der Waals surface area contributed by atoms with Crippen molar-refractivity contribution in [1.29, 1.82) is 0 Å². The molecule has 0 saturated heterocycles. The molecule has 0 saturated carbocycles. The molecule has 6 nitrogen and oxygen atoms in total. The van der Waals surface area contributed by atoms with Gasteiger partial charge in [-0.2, -0.15) is 5.10 Å². The normalized spacial score (nSPS) is 17.1. The molecule has 1 aliphatic heterocycles. The largest absolute Gasteiger partial charge is 0.493 e. The van der Waals surface area contributed by atoms with Crippen LogP contribution in [0.15, 0.2) is 35.7 Å². The Hall–Kier alpha value is -2.02. The van der Waals surface area contributed by atoms with Gasteiger partial charge >= 0.3 is 0 Å². The van der Waals surface area contributed by atoms with Crippen LogP contribution in [-0.4, -0.2) is 33.4 Å². The summed E-state index contributed by atoms with van der Waals surface area (Å²) in [5.74, 6) is 1.15. The van der Waals surface area contributed by atoms with Crippen molar-refractivity contribution in [3.05, 3.63) is 36.2 Å². The molecule has 0 aliphatic carbocycles. The average molecular weight is 290 g/mol. The van der Waals surface area contributed by atoms with E-state index in [9.17, 15) is 4.79 Å². The van der Waals surface area contributed by atoms with Gasteiger partial charge in [-0.15, -0.1) is 0 Å². The lowest BCUT2D eigenvalue weighted by Gasteiger charge is -2.26. The second-order valence-electron chi connectivity index (χ2n) is 4.37. The fourth-order valence-electron chi connectivity index (χ4n) is 2.13. The minimum atomic E-state index is -0.0203. The predicted molar refractivity (Wildman–Crippen MR) is 74.5 cm³/mol. The summed E-state index contributed by atoms with van der Waals surface area (Å²) in [4.78, 5) is 15.9. The van der Waals surface area contributed by atoms with Gasteiger partial charge in [0.1, 0.15) is 12.1 Å². The van der Waals surface area contributed by atoms with Crippen LogP contribution in [0.2, 0.25) is 0 Å². The highest BCUT2D eigenvalue weighted by atomic mass is 32.2. The number of rotatable bonds is 4. The van der Waals surface area contributed by atoms with E-state index in [1.807, 2.05) is 24.3 Å². The lowest BCUT2D eigenvalue weighted by molar-refractivity contribution is -0.119. The van der Waals surface area contributed by atoms with Crippen molar-refractivity contribution in [2.75, 3.05) is 12.4 Å². The summed E-state index contributed by atoms with van der Waals surface area (Å²) in [5.41, 5.74) is 1.04. The number of aromatic nitrogens is 3. The number of benzene rings is 1. The first kappa shape index (κ1) is 13.0. The zero-order valence-corrected chi connectivity index (χ0v) is 11.5. The molecule has 1 aromatic heterocycles. The number of carbonyl (C=O) groups excluding carboxylic acids is 1. The fourth-order valence-corrected chi connectivity index (χ4v) is 2.72. The van der Waals surface area contributed by atoms with E-state index >= 15 is 0 Å². The summed E-state index contributed by atoms with van der Waals surface area (Å²) in [7, 11) is 0. The van der Waals surface area contributed by atoms with Crippen LogP contribution in [0.1, 0.15) is 18.0 Å². The first-order chi connectivity index (χ1) is 9.83. The monoisotopic (exact) mass is 290 g/mol. The number of aromatic amines is 1. The van der Waals surface area contributed by atoms with Gasteiger partial charge in [-0.05, 0) is 6.07 Å². The van der Waals surface area contributed by atoms with Crippen molar-refractivity contribution < 1.29 is 9.53 Å². The molecule has 2 aromatic rings. The van der Waals surface area contributed by atoms with E-state index in [2.05, 4.69) is 20.5 Å². The van der Waals surface area contributed by atoms with E-state index in [-0.39, 0.29) is 11.9 Å². The lowest BCUT2D eigenvalue weighted by Crippen LogP contribution is -2.33. The van der Waals surface area contributed by atoms with E-state index in [1.165, 1.54) is 18.1 Å². The molecule has 2 N–H and O–H groups in total. The van der Waals surface area contributed by atoms with Gasteiger partial charge in [0.15, 0.2) is 5.16 Å². The van der Waals surface area contributed by atoms with Crippen molar-refractivity contribution in [1.82, 2.24) is 20.5 Å². The Kier molecular flexibility index (Phi) is 3.87. The summed E-state index contributed by atoms with van der Waals surface area (Å²) in [6.07, 6.45) is 2.21. The van der Waals surface area contributed by atoms with E-state index in [1.54, 1.807) is 0 Å². The number of nitrogens with one attached hydrogen (secondary N) is 2. The van der Waals surface area contributed by atoms with Gasteiger partial charge in [-0.25, -0.2) is 4.98 Å². The highest BCUT2D eigenvalue weighted by Gasteiger charge is 2.22. The maximum atomic E-state index is 12.0. The Morgan fingerprint density at radius 1 is 1.50 bits per heavy atom. The number of thioether (sulfide) groups is 1. The molecule has 7 heteroatoms. The van der Waals surface area contributed by atoms with Crippen LogP contribution < -0.4 is 10.1 Å². The lowest BCUT2D eigenvalue weighted by atomic mass is 10.0. The van der Waals surface area contributed by atoms with E-state index in [0.717, 1.165) is 17.7 Å². The third-order valence-electron chi connectivity index (χ3n) is 3.03. The van der Waals surface area contributed by atoms with Gasteiger partial charge in [0.05, 0.1) is 18.4 Å². The average Bonchev–Trinajstić information content (AvgIpc) is 2.99. The molecular formula is C13H14N4O2S. The topological polar surface area (TPSA) is 79.9 Å². The van der Waals surface area contributed by atoms with Gasteiger partial charge in [0.25, 0.3) is 0 Å². The molecule has 0 spiro atoms. The zero-order valence-electron chi connectivity index (χ0n) is 10.7. The number of carbonyl (C=O) groups is 1. The second-order valence-corrected chi connectivity index (χ2v) is 5.34. The Morgan fingerprint density at radius 3 is 3.25 bits per heavy atom. The minimum Gasteiger partial charge on any atom is -0.493 e. The number of fused-ring (bicyclic) bond motifs is 1. The molecular weight excluding hydrogens is 276 g/mol. The van der Waals surface area contributed by atoms with Gasteiger partial charge in [0, 0.05) is 12.0 Å². The molecule has 0 bridgehead atoms. The number of hydrogen-bond acceptors (Lipinski definition) is 5. The maximum Gasteiger partial charge on any atom is 0.230 e. The summed E-state index contributed by atoms with van der Waals surface area (Å²) in [5, 5.41) is 10.1. The van der Waals surface area contributed by atoms with Gasteiger partial charge in [0.2, 0.25) is 5.91 Å². The molecule has 1 aromatic carbocycles. The van der Waals surface area contributed by atoms with Gasteiger partial charge in [-0.1, -0.05) is 30.0 Å². The van der Waals surface area contributed by atoms with Crippen molar-refractivity contribution in [3.63, 3.8) is 0 Å². The van der Waals surface area contributed by atoms with E-state index in [4.69, 9.17) is 4.74 Å². The van der Waals surface area contributed by atoms with Crippen LogP contribution in [-0.2, 0) is 4.79 Å². The molecule has 0 radical (unpaired) electrons. The zero-order chi connectivity index (χ0) is 13.8. The molecule has 1 aliphatic rings. The van der Waals surface area contributed by atoms with Crippen molar-refractivity contribution in [3.8, 4) is 5.75 Å². The molecule has 1 amide bonds. The Labute approximate surface area is 120 Å². The number of nitrogens with zero attached hydrogens (tertiary/aromatic N) is 2. The summed E-state index contributed by atoms with van der Waals surface area (Å²) in [6, 6.07) is 7.82. The highest BCUT2D eigenvalue weighted by Crippen LogP contribution is 2.31. The van der Waals surface area contributed by atoms with E-state index < -0.39 is 0 Å². The molecule has 0 fully saturated rings. The van der Waals surface area contributed by atoms with Crippen molar-refractivity contribution in [2.24, 2.45) is 0 Å². The highest BCUT2D eigenvalue weighted by molar-refractivity contribution is 7.99. The van der Waals surface area contributed by atoms with Gasteiger partial charge < -0.3 is 10.1 Å². The number of amides is 1. The number of hydrogen-bond donors (Lipinski definition) is 2. The number of para-hydroxylation sites is 1. The summed E-state index contributed by atoms with van der Waals surface area (Å²) >= 11 is 1.33. The fraction of sp³-hybridized carbons (Fsp3) is 0.308. The Morgan fingerprint density at radius 2 is 2.40 bits per heavy atom. The molecule has 104 valence electrons. The quantitative estimate of drug-likeness (QED) is 0.835. The standard InChI is InChI=1S/C13H14N4O2S/c18-12(7-20-13-14-8-15-17-13)16-10-5-6-19-11-4-2-1-3-9(10)11/h1-4,8,10H,5-7H2,(H,16,18)(H,14,15,17)/t10-/m0/s1. The molecule has 20 heavy (non-hydrogen) atoms. The van der Waals surface area contributed by atoms with Gasteiger partial charge in [-0.3, -0.25) is 9.89 Å². The number of H-pyrrole nitrogens is 1. The van der Waals surface area contributed by atoms with E-state index in [0.29, 0.717) is 17.5 Å². The first-order valence-corrected chi connectivity index (χ1v) is 7.31. The third-order valence-corrected chi connectivity index (χ3v) is 3.90. The molecule has 1 atom stereocenters. The number of ether oxygens (including phenoxy) is 1. The second kappa shape index (κ2) is 5.96. The Balaban J connectivity index is 1.59. The Bertz CT molecular complexity index is 588. The van der Waals surface area contributed by atoms with Crippen molar-refractivity contribution in [2.45, 2.75) is 17.6 Å². The molecule has 2 heterocycles. The predicted octanol–water partition coefficient (Wildman–Crippen LogP) is 1.54. The van der Waals surface area contributed by atoms with Crippen molar-refractivity contribution >= 4 is 17.7 Å².